The third kappa shape index (κ3) is 3.14. The van der Waals surface area contributed by atoms with Crippen molar-refractivity contribution in [1.29, 1.82) is 0 Å². The van der Waals surface area contributed by atoms with Crippen molar-refractivity contribution >= 4 is 0 Å². The first kappa shape index (κ1) is 8.90. The highest BCUT2D eigenvalue weighted by molar-refractivity contribution is 4.66. The zero-order chi connectivity index (χ0) is 8.10. The molecule has 1 atom stereocenters. The molecule has 0 bridgehead atoms. The number of halogens is 1. The van der Waals surface area contributed by atoms with Crippen LogP contribution < -0.4 is 0 Å². The van der Waals surface area contributed by atoms with Gasteiger partial charge < -0.3 is 9.84 Å². The van der Waals surface area contributed by atoms with Crippen molar-refractivity contribution in [2.75, 3.05) is 39.5 Å². The summed E-state index contributed by atoms with van der Waals surface area (Å²) in [4.78, 5) is 1.96. The van der Waals surface area contributed by atoms with Gasteiger partial charge in [-0.25, -0.2) is 4.39 Å². The molecule has 1 aliphatic rings. The number of nitrogens with zero attached hydrogens (tertiary/aromatic N) is 1. The van der Waals surface area contributed by atoms with Gasteiger partial charge in [-0.05, 0) is 0 Å². The van der Waals surface area contributed by atoms with Gasteiger partial charge >= 0.3 is 0 Å². The summed E-state index contributed by atoms with van der Waals surface area (Å²) < 4.78 is 17.7. The molecule has 0 spiro atoms. The highest BCUT2D eigenvalue weighted by Crippen LogP contribution is 2.00. The number of hydrogen-bond donors (Lipinski definition) is 1. The van der Waals surface area contributed by atoms with Crippen LogP contribution in [0.25, 0.3) is 0 Å². The average Bonchev–Trinajstić information content (AvgIpc) is 2.06. The van der Waals surface area contributed by atoms with E-state index in [1.807, 2.05) is 4.90 Å². The summed E-state index contributed by atoms with van der Waals surface area (Å²) in [6.45, 7) is 2.87. The van der Waals surface area contributed by atoms with Crippen LogP contribution in [0.5, 0.6) is 0 Å². The Balaban J connectivity index is 2.13. The molecule has 0 radical (unpaired) electrons. The number of aliphatic hydroxyl groups excluding tert-OH is 1. The van der Waals surface area contributed by atoms with E-state index < -0.39 is 6.17 Å². The van der Waals surface area contributed by atoms with Gasteiger partial charge in [-0.3, -0.25) is 4.90 Å². The molecule has 1 heterocycles. The minimum absolute atomic E-state index is 0.333. The number of rotatable bonds is 3. The van der Waals surface area contributed by atoms with Gasteiger partial charge in [0.15, 0.2) is 0 Å². The average molecular weight is 163 g/mol. The van der Waals surface area contributed by atoms with Crippen LogP contribution >= 0.6 is 0 Å². The van der Waals surface area contributed by atoms with E-state index in [2.05, 4.69) is 0 Å². The van der Waals surface area contributed by atoms with Crippen LogP contribution in [0.4, 0.5) is 4.39 Å². The zero-order valence-electron chi connectivity index (χ0n) is 6.50. The number of hydrogen-bond acceptors (Lipinski definition) is 3. The Morgan fingerprint density at radius 1 is 1.45 bits per heavy atom. The fourth-order valence-electron chi connectivity index (χ4n) is 1.12. The molecule has 66 valence electrons. The van der Waals surface area contributed by atoms with E-state index in [0.29, 0.717) is 19.8 Å². The molecule has 0 aliphatic carbocycles. The van der Waals surface area contributed by atoms with Crippen LogP contribution in [0.3, 0.4) is 0 Å². The lowest BCUT2D eigenvalue weighted by molar-refractivity contribution is 0.0204. The van der Waals surface area contributed by atoms with E-state index in [1.54, 1.807) is 0 Å². The predicted octanol–water partition coefficient (Wildman–Crippen LogP) is -0.351. The van der Waals surface area contributed by atoms with E-state index in [1.165, 1.54) is 0 Å². The van der Waals surface area contributed by atoms with E-state index in [4.69, 9.17) is 9.84 Å². The second kappa shape index (κ2) is 4.64. The summed E-state index contributed by atoms with van der Waals surface area (Å²) in [5, 5.41) is 8.43. The largest absolute Gasteiger partial charge is 0.393 e. The highest BCUT2D eigenvalue weighted by atomic mass is 19.1. The van der Waals surface area contributed by atoms with Crippen molar-refractivity contribution < 1.29 is 14.2 Å². The van der Waals surface area contributed by atoms with Crippen LogP contribution in [-0.4, -0.2) is 55.6 Å². The minimum Gasteiger partial charge on any atom is -0.393 e. The van der Waals surface area contributed by atoms with Gasteiger partial charge in [0.25, 0.3) is 0 Å². The normalized spacial score (nSPS) is 23.5. The summed E-state index contributed by atoms with van der Waals surface area (Å²) >= 11 is 0. The number of aliphatic hydroxyl groups is 1. The molecule has 1 unspecified atom stereocenters. The summed E-state index contributed by atoms with van der Waals surface area (Å²) in [7, 11) is 0. The Kier molecular flexibility index (Phi) is 3.76. The van der Waals surface area contributed by atoms with E-state index in [9.17, 15) is 4.39 Å². The minimum atomic E-state index is -1.10. The van der Waals surface area contributed by atoms with Crippen LogP contribution in [0.1, 0.15) is 0 Å². The highest BCUT2D eigenvalue weighted by Gasteiger charge is 2.14. The summed E-state index contributed by atoms with van der Waals surface area (Å²) in [5.41, 5.74) is 0. The fourth-order valence-corrected chi connectivity index (χ4v) is 1.12. The fraction of sp³-hybridized carbons (Fsp3) is 1.00. The lowest BCUT2D eigenvalue weighted by atomic mass is 10.3. The molecule has 11 heavy (non-hydrogen) atoms. The Labute approximate surface area is 65.8 Å². The molecular formula is C7H14FNO2. The van der Waals surface area contributed by atoms with Crippen molar-refractivity contribution in [3.05, 3.63) is 0 Å². The molecule has 4 heteroatoms. The molecule has 0 aromatic rings. The van der Waals surface area contributed by atoms with Crippen molar-refractivity contribution in [1.82, 2.24) is 4.90 Å². The summed E-state index contributed by atoms with van der Waals surface area (Å²) in [6, 6.07) is 0. The van der Waals surface area contributed by atoms with Crippen LogP contribution in [0.15, 0.2) is 0 Å². The van der Waals surface area contributed by atoms with Gasteiger partial charge in [0.1, 0.15) is 6.17 Å². The Hall–Kier alpha value is -0.190. The molecule has 0 aromatic carbocycles. The van der Waals surface area contributed by atoms with Gasteiger partial charge in [-0.1, -0.05) is 0 Å². The predicted molar refractivity (Wildman–Crippen MR) is 39.2 cm³/mol. The molecule has 1 N–H and O–H groups in total. The van der Waals surface area contributed by atoms with Crippen molar-refractivity contribution in [2.45, 2.75) is 6.17 Å². The molecule has 3 nitrogen and oxygen atoms in total. The second-order valence-electron chi connectivity index (χ2n) is 2.69. The number of alkyl halides is 1. The van der Waals surface area contributed by atoms with Gasteiger partial charge in [0.2, 0.25) is 0 Å². The topological polar surface area (TPSA) is 32.7 Å². The maximum absolute atomic E-state index is 12.6. The Bertz CT molecular complexity index is 107. The third-order valence-electron chi connectivity index (χ3n) is 1.76. The maximum Gasteiger partial charge on any atom is 0.136 e. The van der Waals surface area contributed by atoms with Crippen LogP contribution in [0, 0.1) is 0 Å². The summed E-state index contributed by atoms with van der Waals surface area (Å²) in [6.07, 6.45) is -1.10. The van der Waals surface area contributed by atoms with Crippen molar-refractivity contribution in [3.63, 3.8) is 0 Å². The Morgan fingerprint density at radius 3 is 2.64 bits per heavy atom. The second-order valence-corrected chi connectivity index (χ2v) is 2.69. The molecule has 0 amide bonds. The van der Waals surface area contributed by atoms with E-state index >= 15 is 0 Å². The molecule has 1 fully saturated rings. The molecule has 1 saturated heterocycles. The number of ether oxygens (including phenoxy) is 1. The smallest absolute Gasteiger partial charge is 0.136 e. The monoisotopic (exact) mass is 163 g/mol. The van der Waals surface area contributed by atoms with Gasteiger partial charge in [0, 0.05) is 19.6 Å². The molecule has 0 saturated carbocycles. The van der Waals surface area contributed by atoms with Crippen LogP contribution in [-0.2, 0) is 4.74 Å². The molecule has 0 aromatic heterocycles. The lowest BCUT2D eigenvalue weighted by Crippen LogP contribution is -2.40. The van der Waals surface area contributed by atoms with Crippen LogP contribution in [0.2, 0.25) is 0 Å². The standard InChI is InChI=1S/C7H14FNO2/c8-7(6-10)5-9-1-3-11-4-2-9/h7,10H,1-6H2. The maximum atomic E-state index is 12.6. The van der Waals surface area contributed by atoms with E-state index in [-0.39, 0.29) is 6.61 Å². The Morgan fingerprint density at radius 2 is 2.09 bits per heavy atom. The van der Waals surface area contributed by atoms with E-state index in [0.717, 1.165) is 13.1 Å². The van der Waals surface area contributed by atoms with Gasteiger partial charge in [-0.15, -0.1) is 0 Å². The molecule has 1 rings (SSSR count). The first-order valence-corrected chi connectivity index (χ1v) is 3.88. The van der Waals surface area contributed by atoms with Crippen molar-refractivity contribution in [2.24, 2.45) is 0 Å². The first-order valence-electron chi connectivity index (χ1n) is 3.88. The number of morpholine rings is 1. The lowest BCUT2D eigenvalue weighted by Gasteiger charge is -2.27. The van der Waals surface area contributed by atoms with Gasteiger partial charge in [-0.2, -0.15) is 0 Å². The first-order chi connectivity index (χ1) is 5.33. The van der Waals surface area contributed by atoms with Gasteiger partial charge in [0.05, 0.1) is 19.8 Å². The van der Waals surface area contributed by atoms with Crippen molar-refractivity contribution in [3.8, 4) is 0 Å². The zero-order valence-corrected chi connectivity index (χ0v) is 6.50. The quantitative estimate of drug-likeness (QED) is 0.617. The summed E-state index contributed by atoms with van der Waals surface area (Å²) in [5.74, 6) is 0. The SMILES string of the molecule is OCC(F)CN1CCOCC1. The molecular weight excluding hydrogens is 149 g/mol. The molecule has 1 aliphatic heterocycles. The third-order valence-corrected chi connectivity index (χ3v) is 1.76.